The average molecular weight is 570 g/mol. The molecular weight excluding hydrogens is 534 g/mol. The van der Waals surface area contributed by atoms with Crippen LogP contribution in [0.25, 0.3) is 11.3 Å². The van der Waals surface area contributed by atoms with Crippen LogP contribution in [0.15, 0.2) is 91.0 Å². The summed E-state index contributed by atoms with van der Waals surface area (Å²) in [4.78, 5) is 33.2. The van der Waals surface area contributed by atoms with E-state index < -0.39 is 15.9 Å². The number of hydrogen-bond acceptors (Lipinski definition) is 6. The zero-order valence-electron chi connectivity index (χ0n) is 23.6. The van der Waals surface area contributed by atoms with E-state index in [-0.39, 0.29) is 17.8 Å². The van der Waals surface area contributed by atoms with Gasteiger partial charge in [0.1, 0.15) is 11.6 Å². The van der Waals surface area contributed by atoms with E-state index in [0.29, 0.717) is 30.0 Å². The van der Waals surface area contributed by atoms with Crippen molar-refractivity contribution >= 4 is 27.5 Å². The van der Waals surface area contributed by atoms with Crippen LogP contribution in [-0.4, -0.2) is 37.9 Å². The molecule has 4 aromatic rings. The quantitative estimate of drug-likeness (QED) is 0.241. The third-order valence-electron chi connectivity index (χ3n) is 6.55. The lowest BCUT2D eigenvalue weighted by atomic mass is 9.98. The Morgan fingerprint density at radius 3 is 2.17 bits per heavy atom. The predicted molar refractivity (Wildman–Crippen MR) is 163 cm³/mol. The first-order valence-electron chi connectivity index (χ1n) is 13.6. The van der Waals surface area contributed by atoms with E-state index in [9.17, 15) is 18.0 Å². The van der Waals surface area contributed by atoms with E-state index in [1.807, 2.05) is 61.5 Å². The topological polar surface area (TPSA) is 96.4 Å². The molecule has 1 amide bonds. The summed E-state index contributed by atoms with van der Waals surface area (Å²) >= 11 is 0. The first kappa shape index (κ1) is 29.7. The van der Waals surface area contributed by atoms with E-state index in [0.717, 1.165) is 41.5 Å². The number of carbonyl (C=O) groups is 2. The van der Waals surface area contributed by atoms with Crippen LogP contribution in [-0.2, 0) is 34.2 Å². The van der Waals surface area contributed by atoms with Crippen LogP contribution in [0, 0.1) is 6.92 Å². The first-order valence-corrected chi connectivity index (χ1v) is 15.5. The van der Waals surface area contributed by atoms with Gasteiger partial charge in [-0.15, -0.1) is 0 Å². The highest BCUT2D eigenvalue weighted by Crippen LogP contribution is 2.28. The van der Waals surface area contributed by atoms with Gasteiger partial charge in [-0.05, 0) is 48.2 Å². The molecule has 212 valence electrons. The van der Waals surface area contributed by atoms with Crippen LogP contribution >= 0.6 is 0 Å². The molecule has 3 aromatic carbocycles. The lowest BCUT2D eigenvalue weighted by Gasteiger charge is -2.25. The van der Waals surface area contributed by atoms with Gasteiger partial charge in [0.15, 0.2) is 0 Å². The number of aryl methyl sites for hydroxylation is 1. The van der Waals surface area contributed by atoms with Gasteiger partial charge in [-0.1, -0.05) is 85.3 Å². The number of pyridine rings is 1. The number of sulfonamides is 1. The molecule has 0 spiro atoms. The Kier molecular flexibility index (Phi) is 9.68. The van der Waals surface area contributed by atoms with E-state index in [1.165, 1.54) is 0 Å². The van der Waals surface area contributed by atoms with Crippen molar-refractivity contribution in [2.45, 2.75) is 39.7 Å². The van der Waals surface area contributed by atoms with Crippen LogP contribution in [0.1, 0.15) is 46.0 Å². The number of benzene rings is 3. The number of nitrogens with zero attached hydrogens (tertiary/aromatic N) is 2. The molecule has 1 N–H and O–H groups in total. The molecule has 0 saturated heterocycles. The van der Waals surface area contributed by atoms with Gasteiger partial charge in [0.25, 0.3) is 5.91 Å². The van der Waals surface area contributed by atoms with Crippen molar-refractivity contribution in [1.82, 2.24) is 9.71 Å². The lowest BCUT2D eigenvalue weighted by Crippen LogP contribution is -2.29. The summed E-state index contributed by atoms with van der Waals surface area (Å²) in [6, 6.07) is 28.5. The molecule has 7 nitrogen and oxygen atoms in total. The largest absolute Gasteiger partial charge is 0.352 e. The van der Waals surface area contributed by atoms with Gasteiger partial charge in [-0.2, -0.15) is 0 Å². The second kappa shape index (κ2) is 13.4. The minimum Gasteiger partial charge on any atom is -0.352 e. The van der Waals surface area contributed by atoms with Gasteiger partial charge < -0.3 is 4.90 Å². The van der Waals surface area contributed by atoms with Crippen LogP contribution in [0.2, 0.25) is 0 Å². The Hall–Kier alpha value is -4.30. The summed E-state index contributed by atoms with van der Waals surface area (Å²) in [5.41, 5.74) is 5.15. The molecule has 0 aliphatic heterocycles. The molecule has 1 heterocycles. The number of ketones is 1. The van der Waals surface area contributed by atoms with Crippen molar-refractivity contribution in [3.63, 3.8) is 0 Å². The van der Waals surface area contributed by atoms with E-state index in [1.54, 1.807) is 24.3 Å². The SMILES string of the molecule is CCCN(Cc1ccccc1)c1cc(CC(=O)Cc2ccc(C)cc2)cc(-c2ccccc2C(=O)NS(C)(=O)=O)n1. The number of aromatic nitrogens is 1. The number of nitrogens with one attached hydrogen (secondary N) is 1. The minimum absolute atomic E-state index is 0.0603. The molecule has 0 atom stereocenters. The number of anilines is 1. The van der Waals surface area contributed by atoms with E-state index in [4.69, 9.17) is 4.98 Å². The second-order valence-electron chi connectivity index (χ2n) is 10.3. The van der Waals surface area contributed by atoms with E-state index in [2.05, 4.69) is 28.7 Å². The Morgan fingerprint density at radius 2 is 1.49 bits per heavy atom. The number of hydrogen-bond donors (Lipinski definition) is 1. The molecule has 0 bridgehead atoms. The Balaban J connectivity index is 1.75. The highest BCUT2D eigenvalue weighted by molar-refractivity contribution is 7.89. The molecule has 0 aliphatic carbocycles. The Bertz CT molecular complexity index is 1620. The average Bonchev–Trinajstić information content (AvgIpc) is 2.93. The van der Waals surface area contributed by atoms with Crippen molar-refractivity contribution in [3.05, 3.63) is 119 Å². The zero-order valence-corrected chi connectivity index (χ0v) is 24.4. The third kappa shape index (κ3) is 8.59. The maximum absolute atomic E-state index is 13.2. The van der Waals surface area contributed by atoms with Crippen molar-refractivity contribution in [2.24, 2.45) is 0 Å². The number of amides is 1. The highest BCUT2D eigenvalue weighted by Gasteiger charge is 2.19. The van der Waals surface area contributed by atoms with Gasteiger partial charge in [-0.3, -0.25) is 9.59 Å². The molecule has 1 aromatic heterocycles. The fraction of sp³-hybridized carbons (Fsp3) is 0.242. The predicted octanol–water partition coefficient (Wildman–Crippen LogP) is 5.52. The first-order chi connectivity index (χ1) is 19.6. The molecule has 8 heteroatoms. The minimum atomic E-state index is -3.76. The van der Waals surface area contributed by atoms with Gasteiger partial charge in [-0.25, -0.2) is 18.1 Å². The number of carbonyl (C=O) groups excluding carboxylic acids is 2. The van der Waals surface area contributed by atoms with E-state index >= 15 is 0 Å². The molecule has 41 heavy (non-hydrogen) atoms. The van der Waals surface area contributed by atoms with Crippen molar-refractivity contribution in [1.29, 1.82) is 0 Å². The van der Waals surface area contributed by atoms with Crippen molar-refractivity contribution in [3.8, 4) is 11.3 Å². The molecule has 0 fully saturated rings. The summed E-state index contributed by atoms with van der Waals surface area (Å²) in [6.45, 7) is 5.46. The summed E-state index contributed by atoms with van der Waals surface area (Å²) in [6.07, 6.45) is 2.33. The molecule has 0 aliphatic rings. The summed E-state index contributed by atoms with van der Waals surface area (Å²) in [5.74, 6) is 0.0109. The summed E-state index contributed by atoms with van der Waals surface area (Å²) in [5, 5.41) is 0. The maximum atomic E-state index is 13.2. The summed E-state index contributed by atoms with van der Waals surface area (Å²) in [7, 11) is -3.76. The standard InChI is InChI=1S/C33H35N3O4S/c1-4-18-36(23-26-10-6-5-7-11-26)32-22-27(20-28(37)19-25-16-14-24(2)15-17-25)21-31(34-32)29-12-8-9-13-30(29)33(38)35-41(3,39)40/h5-17,21-22H,4,18-20,23H2,1-3H3,(H,35,38). The number of rotatable bonds is 12. The number of Topliss-reactive ketones (excluding diaryl/α,β-unsaturated/α-hetero) is 1. The lowest BCUT2D eigenvalue weighted by molar-refractivity contribution is -0.117. The van der Waals surface area contributed by atoms with Gasteiger partial charge in [0.05, 0.1) is 11.9 Å². The van der Waals surface area contributed by atoms with Crippen LogP contribution in [0.3, 0.4) is 0 Å². The van der Waals surface area contributed by atoms with Crippen LogP contribution in [0.4, 0.5) is 5.82 Å². The highest BCUT2D eigenvalue weighted by atomic mass is 32.2. The zero-order chi connectivity index (χ0) is 29.4. The monoisotopic (exact) mass is 569 g/mol. The fourth-order valence-corrected chi connectivity index (χ4v) is 5.12. The smallest absolute Gasteiger partial charge is 0.265 e. The molecular formula is C33H35N3O4S. The maximum Gasteiger partial charge on any atom is 0.265 e. The normalized spacial score (nSPS) is 11.2. The van der Waals surface area contributed by atoms with Gasteiger partial charge >= 0.3 is 0 Å². The molecule has 0 unspecified atom stereocenters. The third-order valence-corrected chi connectivity index (χ3v) is 7.11. The Morgan fingerprint density at radius 1 is 0.829 bits per heavy atom. The van der Waals surface area contributed by atoms with Crippen molar-refractivity contribution < 1.29 is 18.0 Å². The Labute approximate surface area is 242 Å². The van der Waals surface area contributed by atoms with Crippen LogP contribution in [0.5, 0.6) is 0 Å². The van der Waals surface area contributed by atoms with Gasteiger partial charge in [0.2, 0.25) is 10.0 Å². The van der Waals surface area contributed by atoms with Gasteiger partial charge in [0, 0.05) is 37.1 Å². The van der Waals surface area contributed by atoms with Crippen molar-refractivity contribution in [2.75, 3.05) is 17.7 Å². The molecule has 0 saturated carbocycles. The van der Waals surface area contributed by atoms with Crippen LogP contribution < -0.4 is 9.62 Å². The second-order valence-corrected chi connectivity index (χ2v) is 12.0. The molecule has 4 rings (SSSR count). The molecule has 0 radical (unpaired) electrons. The fourth-order valence-electron chi connectivity index (χ4n) is 4.67. The summed E-state index contributed by atoms with van der Waals surface area (Å²) < 4.78 is 25.7.